The van der Waals surface area contributed by atoms with E-state index in [0.717, 1.165) is 70.1 Å². The maximum Gasteiger partial charge on any atom is 0.121 e. The van der Waals surface area contributed by atoms with Gasteiger partial charge < -0.3 is 37.1 Å². The number of likely N-dealkylation sites (N-methyl/N-ethyl adjacent to an activating group) is 1. The van der Waals surface area contributed by atoms with E-state index in [2.05, 4.69) is 59.5 Å². The Morgan fingerprint density at radius 3 is 2.59 bits per heavy atom. The van der Waals surface area contributed by atoms with Crippen LogP contribution in [0.5, 0.6) is 5.75 Å². The molecule has 1 unspecified atom stereocenters. The molecule has 1 atom stereocenters. The van der Waals surface area contributed by atoms with E-state index in [1.165, 1.54) is 19.3 Å². The summed E-state index contributed by atoms with van der Waals surface area (Å²) >= 11 is 0. The highest BCUT2D eigenvalue weighted by molar-refractivity contribution is 5.48. The van der Waals surface area contributed by atoms with E-state index in [0.29, 0.717) is 12.6 Å². The molecule has 1 rings (SSSR count). The SMILES string of the molecule is CNCCNC(C)(C)CNC(C)CCNCCOc1cccc(NCCCCCCN)c1. The average molecular weight is 451 g/mol. The molecule has 0 amide bonds. The molecule has 0 saturated carbocycles. The highest BCUT2D eigenvalue weighted by Crippen LogP contribution is 2.17. The van der Waals surface area contributed by atoms with Gasteiger partial charge in [0.15, 0.2) is 0 Å². The number of rotatable bonds is 21. The summed E-state index contributed by atoms with van der Waals surface area (Å²) in [6, 6.07) is 8.72. The molecule has 7 heteroatoms. The van der Waals surface area contributed by atoms with Crippen molar-refractivity contribution < 1.29 is 4.74 Å². The number of anilines is 1. The maximum absolute atomic E-state index is 5.91. The van der Waals surface area contributed by atoms with Gasteiger partial charge in [-0.3, -0.25) is 0 Å². The second-order valence-electron chi connectivity index (χ2n) is 9.24. The van der Waals surface area contributed by atoms with Crippen LogP contribution >= 0.6 is 0 Å². The first kappa shape index (κ1) is 28.7. The van der Waals surface area contributed by atoms with Crippen molar-refractivity contribution in [3.05, 3.63) is 24.3 Å². The van der Waals surface area contributed by atoms with Crippen molar-refractivity contribution in [1.82, 2.24) is 21.3 Å². The number of unbranched alkanes of at least 4 members (excludes halogenated alkanes) is 3. The second-order valence-corrected chi connectivity index (χ2v) is 9.24. The highest BCUT2D eigenvalue weighted by Gasteiger charge is 2.17. The van der Waals surface area contributed by atoms with Crippen LogP contribution in [0, 0.1) is 0 Å². The molecule has 0 fully saturated rings. The predicted molar refractivity (Wildman–Crippen MR) is 139 cm³/mol. The topological polar surface area (TPSA) is 95.4 Å². The van der Waals surface area contributed by atoms with E-state index in [-0.39, 0.29) is 5.54 Å². The lowest BCUT2D eigenvalue weighted by atomic mass is 10.0. The van der Waals surface area contributed by atoms with Crippen LogP contribution in [0.15, 0.2) is 24.3 Å². The summed E-state index contributed by atoms with van der Waals surface area (Å²) in [5, 5.41) is 17.3. The molecule has 186 valence electrons. The lowest BCUT2D eigenvalue weighted by molar-refractivity contribution is 0.310. The second kappa shape index (κ2) is 18.1. The van der Waals surface area contributed by atoms with Gasteiger partial charge in [0.2, 0.25) is 0 Å². The summed E-state index contributed by atoms with van der Waals surface area (Å²) in [5.41, 5.74) is 6.75. The first-order chi connectivity index (χ1) is 15.5. The van der Waals surface area contributed by atoms with Crippen LogP contribution in [0.4, 0.5) is 5.69 Å². The molecule has 0 aliphatic heterocycles. The largest absolute Gasteiger partial charge is 0.492 e. The molecule has 0 saturated heterocycles. The Bertz CT molecular complexity index is 569. The van der Waals surface area contributed by atoms with E-state index < -0.39 is 0 Å². The first-order valence-corrected chi connectivity index (χ1v) is 12.5. The minimum atomic E-state index is 0.0975. The number of nitrogens with two attached hydrogens (primary N) is 1. The van der Waals surface area contributed by atoms with Crippen LogP contribution < -0.4 is 37.1 Å². The molecular weight excluding hydrogens is 400 g/mol. The standard InChI is InChI=1S/C25H50N6O/c1-22(30-21-25(2,3)31-17-16-27-4)12-15-28-18-19-32-24-11-9-10-23(20-24)29-14-8-6-5-7-13-26/h9-11,20,22,27-31H,5-8,12-19,21,26H2,1-4H3. The van der Waals surface area contributed by atoms with E-state index in [1.54, 1.807) is 0 Å². The van der Waals surface area contributed by atoms with Crippen LogP contribution in [-0.4, -0.2) is 71.0 Å². The summed E-state index contributed by atoms with van der Waals surface area (Å²) in [6.07, 6.45) is 5.84. The molecule has 0 aliphatic rings. The smallest absolute Gasteiger partial charge is 0.121 e. The zero-order valence-electron chi connectivity index (χ0n) is 21.1. The summed E-state index contributed by atoms with van der Waals surface area (Å²) in [7, 11) is 1.98. The Labute approximate surface area is 197 Å². The Morgan fingerprint density at radius 2 is 1.81 bits per heavy atom. The van der Waals surface area contributed by atoms with Crippen LogP contribution in [0.3, 0.4) is 0 Å². The molecule has 0 spiro atoms. The normalized spacial score (nSPS) is 12.7. The third kappa shape index (κ3) is 15.4. The molecule has 0 radical (unpaired) electrons. The van der Waals surface area contributed by atoms with Crippen molar-refractivity contribution in [2.75, 3.05) is 64.8 Å². The van der Waals surface area contributed by atoms with E-state index in [4.69, 9.17) is 10.5 Å². The fourth-order valence-corrected chi connectivity index (χ4v) is 3.36. The molecule has 0 aromatic heterocycles. The molecular formula is C25H50N6O. The summed E-state index contributed by atoms with van der Waals surface area (Å²) in [5.74, 6) is 0.919. The highest BCUT2D eigenvalue weighted by atomic mass is 16.5. The van der Waals surface area contributed by atoms with Crippen LogP contribution in [0.2, 0.25) is 0 Å². The van der Waals surface area contributed by atoms with Gasteiger partial charge in [0.05, 0.1) is 0 Å². The monoisotopic (exact) mass is 450 g/mol. The molecule has 7 N–H and O–H groups in total. The lowest BCUT2D eigenvalue weighted by Gasteiger charge is -2.29. The van der Waals surface area contributed by atoms with E-state index in [1.807, 2.05) is 19.2 Å². The quantitative estimate of drug-likeness (QED) is 0.160. The van der Waals surface area contributed by atoms with Gasteiger partial charge in [0.1, 0.15) is 12.4 Å². The Balaban J connectivity index is 2.09. The van der Waals surface area contributed by atoms with Crippen molar-refractivity contribution in [3.8, 4) is 5.75 Å². The lowest BCUT2D eigenvalue weighted by Crippen LogP contribution is -2.51. The number of hydrogen-bond donors (Lipinski definition) is 6. The number of hydrogen-bond acceptors (Lipinski definition) is 7. The Hall–Kier alpha value is -1.38. The fraction of sp³-hybridized carbons (Fsp3) is 0.760. The Morgan fingerprint density at radius 1 is 1.00 bits per heavy atom. The number of ether oxygens (including phenoxy) is 1. The molecule has 1 aromatic carbocycles. The molecule has 1 aromatic rings. The third-order valence-corrected chi connectivity index (χ3v) is 5.47. The number of nitrogens with one attached hydrogen (secondary N) is 5. The zero-order valence-corrected chi connectivity index (χ0v) is 21.1. The van der Waals surface area contributed by atoms with Crippen molar-refractivity contribution >= 4 is 5.69 Å². The van der Waals surface area contributed by atoms with Crippen LogP contribution in [0.25, 0.3) is 0 Å². The van der Waals surface area contributed by atoms with Crippen molar-refractivity contribution in [1.29, 1.82) is 0 Å². The van der Waals surface area contributed by atoms with Gasteiger partial charge in [-0.2, -0.15) is 0 Å². The minimum absolute atomic E-state index is 0.0975. The zero-order chi connectivity index (χ0) is 23.5. The molecule has 0 bridgehead atoms. The van der Waals surface area contributed by atoms with E-state index in [9.17, 15) is 0 Å². The molecule has 0 aliphatic carbocycles. The van der Waals surface area contributed by atoms with Gasteiger partial charge in [-0.25, -0.2) is 0 Å². The van der Waals surface area contributed by atoms with Crippen molar-refractivity contribution in [2.45, 2.75) is 64.5 Å². The summed E-state index contributed by atoms with van der Waals surface area (Å²) < 4.78 is 5.91. The molecule has 0 heterocycles. The maximum atomic E-state index is 5.91. The Kier molecular flexibility index (Phi) is 16.2. The van der Waals surface area contributed by atoms with Gasteiger partial charge in [0, 0.05) is 56.1 Å². The fourth-order valence-electron chi connectivity index (χ4n) is 3.36. The summed E-state index contributed by atoms with van der Waals surface area (Å²) in [6.45, 7) is 14.0. The van der Waals surface area contributed by atoms with Crippen LogP contribution in [-0.2, 0) is 0 Å². The summed E-state index contributed by atoms with van der Waals surface area (Å²) in [4.78, 5) is 0. The average Bonchev–Trinajstić information content (AvgIpc) is 2.77. The van der Waals surface area contributed by atoms with E-state index >= 15 is 0 Å². The minimum Gasteiger partial charge on any atom is -0.492 e. The predicted octanol–water partition coefficient (Wildman–Crippen LogP) is 2.54. The van der Waals surface area contributed by atoms with Crippen molar-refractivity contribution in [2.24, 2.45) is 5.73 Å². The molecule has 7 nitrogen and oxygen atoms in total. The van der Waals surface area contributed by atoms with Gasteiger partial charge in [0.25, 0.3) is 0 Å². The molecule has 32 heavy (non-hydrogen) atoms. The van der Waals surface area contributed by atoms with Gasteiger partial charge in [-0.15, -0.1) is 0 Å². The van der Waals surface area contributed by atoms with Crippen LogP contribution in [0.1, 0.15) is 52.9 Å². The van der Waals surface area contributed by atoms with Crippen molar-refractivity contribution in [3.63, 3.8) is 0 Å². The number of benzene rings is 1. The van der Waals surface area contributed by atoms with Gasteiger partial charge in [-0.1, -0.05) is 18.9 Å². The third-order valence-electron chi connectivity index (χ3n) is 5.47. The van der Waals surface area contributed by atoms with Gasteiger partial charge in [-0.05, 0) is 72.3 Å². The first-order valence-electron chi connectivity index (χ1n) is 12.5. The van der Waals surface area contributed by atoms with Gasteiger partial charge >= 0.3 is 0 Å².